The molecule has 0 saturated carbocycles. The summed E-state index contributed by atoms with van der Waals surface area (Å²) in [5.41, 5.74) is 4.65. The Morgan fingerprint density at radius 1 is 1.03 bits per heavy atom. The number of benzene rings is 3. The van der Waals surface area contributed by atoms with Crippen molar-refractivity contribution in [3.8, 4) is 11.5 Å². The zero-order valence-corrected chi connectivity index (χ0v) is 19.2. The third kappa shape index (κ3) is 5.66. The lowest BCUT2D eigenvalue weighted by atomic mass is 10.2. The van der Waals surface area contributed by atoms with Crippen LogP contribution in [0.3, 0.4) is 0 Å². The molecule has 0 saturated heterocycles. The molecule has 0 aliphatic heterocycles. The van der Waals surface area contributed by atoms with Gasteiger partial charge in [-0.3, -0.25) is 4.79 Å². The number of halogens is 2. The molecule has 6 nitrogen and oxygen atoms in total. The second-order valence-electron chi connectivity index (χ2n) is 7.02. The van der Waals surface area contributed by atoms with E-state index in [0.717, 1.165) is 10.9 Å². The summed E-state index contributed by atoms with van der Waals surface area (Å²) in [5.74, 6) is 1.01. The minimum absolute atomic E-state index is 0.153. The molecule has 33 heavy (non-hydrogen) atoms. The van der Waals surface area contributed by atoms with Gasteiger partial charge in [0.1, 0.15) is 23.7 Å². The van der Waals surface area contributed by atoms with Crippen LogP contribution in [0.25, 0.3) is 11.0 Å². The number of nitrogens with one attached hydrogen (secondary N) is 1. The van der Waals surface area contributed by atoms with E-state index in [1.165, 1.54) is 6.21 Å². The lowest BCUT2D eigenvalue weighted by molar-refractivity contribution is 0.0929. The number of carbonyl (C=O) groups excluding carboxylic acids is 1. The number of para-hydroxylation sites is 1. The summed E-state index contributed by atoms with van der Waals surface area (Å²) >= 11 is 12.0. The summed E-state index contributed by atoms with van der Waals surface area (Å²) in [5, 5.41) is 5.78. The quantitative estimate of drug-likeness (QED) is 0.230. The Morgan fingerprint density at radius 2 is 1.88 bits per heavy atom. The molecule has 0 fully saturated rings. The molecule has 0 aliphatic carbocycles. The van der Waals surface area contributed by atoms with Crippen LogP contribution in [0.2, 0.25) is 10.0 Å². The van der Waals surface area contributed by atoms with E-state index >= 15 is 0 Å². The lowest BCUT2D eigenvalue weighted by Crippen LogP contribution is -2.16. The van der Waals surface area contributed by atoms with Crippen LogP contribution < -0.4 is 14.9 Å². The second-order valence-corrected chi connectivity index (χ2v) is 7.83. The fourth-order valence-corrected chi connectivity index (χ4v) is 3.44. The van der Waals surface area contributed by atoms with Crippen molar-refractivity contribution < 1.29 is 18.7 Å². The molecule has 0 radical (unpaired) electrons. The molecule has 0 atom stereocenters. The predicted octanol–water partition coefficient (Wildman–Crippen LogP) is 6.48. The molecular weight excluding hydrogens is 463 g/mol. The molecule has 4 rings (SSSR count). The van der Waals surface area contributed by atoms with Crippen molar-refractivity contribution in [1.82, 2.24) is 5.43 Å². The first-order valence-electron chi connectivity index (χ1n) is 10.2. The summed E-state index contributed by atoms with van der Waals surface area (Å²) in [6.45, 7) is 2.77. The summed E-state index contributed by atoms with van der Waals surface area (Å²) in [7, 11) is 0. The Morgan fingerprint density at radius 3 is 2.70 bits per heavy atom. The molecule has 8 heteroatoms. The van der Waals surface area contributed by atoms with Crippen molar-refractivity contribution in [3.63, 3.8) is 0 Å². The van der Waals surface area contributed by atoms with Gasteiger partial charge in [0.05, 0.1) is 22.9 Å². The van der Waals surface area contributed by atoms with Crippen molar-refractivity contribution in [1.29, 1.82) is 0 Å². The molecule has 0 spiro atoms. The molecule has 1 heterocycles. The van der Waals surface area contributed by atoms with Crippen LogP contribution in [0.5, 0.6) is 11.5 Å². The minimum Gasteiger partial charge on any atom is -0.494 e. The summed E-state index contributed by atoms with van der Waals surface area (Å²) in [4.78, 5) is 12.5. The molecule has 1 amide bonds. The number of rotatable bonds is 8. The van der Waals surface area contributed by atoms with Gasteiger partial charge in [-0.1, -0.05) is 41.4 Å². The molecular formula is C25H20Cl2N2O4. The number of hydrogen-bond donors (Lipinski definition) is 1. The van der Waals surface area contributed by atoms with Crippen LogP contribution in [0.15, 0.2) is 76.2 Å². The summed E-state index contributed by atoms with van der Waals surface area (Å²) in [6, 6.07) is 19.7. The van der Waals surface area contributed by atoms with Crippen LogP contribution in [-0.2, 0) is 6.61 Å². The van der Waals surface area contributed by atoms with Gasteiger partial charge in [-0.05, 0) is 61.0 Å². The van der Waals surface area contributed by atoms with E-state index in [0.29, 0.717) is 45.9 Å². The number of amides is 1. The maximum absolute atomic E-state index is 12.5. The Bertz CT molecular complexity index is 1320. The zero-order valence-electron chi connectivity index (χ0n) is 17.7. The summed E-state index contributed by atoms with van der Waals surface area (Å²) in [6.07, 6.45) is 1.51. The van der Waals surface area contributed by atoms with E-state index in [9.17, 15) is 4.79 Å². The first kappa shape index (κ1) is 22.7. The average molecular weight is 483 g/mol. The van der Waals surface area contributed by atoms with E-state index in [1.807, 2.05) is 43.3 Å². The first-order valence-corrected chi connectivity index (χ1v) is 10.9. The smallest absolute Gasteiger partial charge is 0.307 e. The minimum atomic E-state index is -0.463. The highest BCUT2D eigenvalue weighted by molar-refractivity contribution is 6.42. The average Bonchev–Trinajstić information content (AvgIpc) is 3.24. The molecule has 3 aromatic carbocycles. The van der Waals surface area contributed by atoms with Gasteiger partial charge in [0.25, 0.3) is 0 Å². The highest BCUT2D eigenvalue weighted by Crippen LogP contribution is 2.25. The lowest BCUT2D eigenvalue weighted by Gasteiger charge is -2.09. The zero-order chi connectivity index (χ0) is 23.2. The molecule has 0 unspecified atom stereocenters. The molecule has 0 aliphatic rings. The number of furan rings is 1. The number of nitrogens with zero attached hydrogens (tertiary/aromatic N) is 1. The van der Waals surface area contributed by atoms with Crippen molar-refractivity contribution in [3.05, 3.63) is 93.7 Å². The SMILES string of the molecule is CCOc1ccc2oc(C(=O)N/N=C/c3ccccc3OCc3ccc(Cl)c(Cl)c3)cc2c1. The van der Waals surface area contributed by atoms with E-state index < -0.39 is 5.91 Å². The van der Waals surface area contributed by atoms with E-state index in [4.69, 9.17) is 37.1 Å². The maximum atomic E-state index is 12.5. The Balaban J connectivity index is 1.41. The van der Waals surface area contributed by atoms with E-state index in [2.05, 4.69) is 10.5 Å². The number of carbonyl (C=O) groups is 1. The monoisotopic (exact) mass is 482 g/mol. The maximum Gasteiger partial charge on any atom is 0.307 e. The van der Waals surface area contributed by atoms with Crippen LogP contribution >= 0.6 is 23.2 Å². The van der Waals surface area contributed by atoms with Gasteiger partial charge >= 0.3 is 5.91 Å². The number of hydrazone groups is 1. The van der Waals surface area contributed by atoms with Crippen LogP contribution in [0.1, 0.15) is 28.6 Å². The highest BCUT2D eigenvalue weighted by Gasteiger charge is 2.12. The van der Waals surface area contributed by atoms with Crippen molar-refractivity contribution in [2.24, 2.45) is 5.10 Å². The molecule has 4 aromatic rings. The Labute approximate surface area is 200 Å². The van der Waals surface area contributed by atoms with Gasteiger partial charge < -0.3 is 13.9 Å². The van der Waals surface area contributed by atoms with Gasteiger partial charge in [-0.2, -0.15) is 5.10 Å². The van der Waals surface area contributed by atoms with Crippen LogP contribution in [-0.4, -0.2) is 18.7 Å². The Hall–Kier alpha value is -3.48. The van der Waals surface area contributed by atoms with Crippen LogP contribution in [0, 0.1) is 0 Å². The van der Waals surface area contributed by atoms with Gasteiger partial charge in [-0.25, -0.2) is 5.43 Å². The molecule has 0 bridgehead atoms. The molecule has 168 valence electrons. The standard InChI is InChI=1S/C25H20Cl2N2O4/c1-2-31-19-8-10-23-18(12-19)13-24(33-23)25(30)29-28-14-17-5-3-4-6-22(17)32-15-16-7-9-20(26)21(27)11-16/h3-14H,2,15H2,1H3,(H,29,30)/b28-14+. The van der Waals surface area contributed by atoms with Crippen molar-refractivity contribution in [2.45, 2.75) is 13.5 Å². The fraction of sp³-hybridized carbons (Fsp3) is 0.120. The summed E-state index contributed by atoms with van der Waals surface area (Å²) < 4.78 is 17.0. The molecule has 1 N–H and O–H groups in total. The Kier molecular flexibility index (Phi) is 7.17. The van der Waals surface area contributed by atoms with E-state index in [1.54, 1.807) is 30.3 Å². The van der Waals surface area contributed by atoms with Gasteiger partial charge in [0, 0.05) is 10.9 Å². The molecule has 1 aromatic heterocycles. The normalized spacial score (nSPS) is 11.1. The van der Waals surface area contributed by atoms with Gasteiger partial charge in [0.2, 0.25) is 0 Å². The fourth-order valence-electron chi connectivity index (χ4n) is 3.11. The third-order valence-corrected chi connectivity index (χ3v) is 5.43. The van der Waals surface area contributed by atoms with E-state index in [-0.39, 0.29) is 5.76 Å². The third-order valence-electron chi connectivity index (χ3n) is 4.69. The van der Waals surface area contributed by atoms with Crippen LogP contribution in [0.4, 0.5) is 0 Å². The first-order chi connectivity index (χ1) is 16.0. The topological polar surface area (TPSA) is 73.1 Å². The number of fused-ring (bicyclic) bond motifs is 1. The largest absolute Gasteiger partial charge is 0.494 e. The predicted molar refractivity (Wildman–Crippen MR) is 130 cm³/mol. The highest BCUT2D eigenvalue weighted by atomic mass is 35.5. The number of ether oxygens (including phenoxy) is 2. The van der Waals surface area contributed by atoms with Crippen molar-refractivity contribution in [2.75, 3.05) is 6.61 Å². The van der Waals surface area contributed by atoms with Gasteiger partial charge in [-0.15, -0.1) is 0 Å². The number of hydrogen-bond acceptors (Lipinski definition) is 5. The second kappa shape index (κ2) is 10.4. The van der Waals surface area contributed by atoms with Crippen molar-refractivity contribution >= 4 is 46.3 Å². The van der Waals surface area contributed by atoms with Gasteiger partial charge in [0.15, 0.2) is 5.76 Å².